The predicted molar refractivity (Wildman–Crippen MR) is 104 cm³/mol. The van der Waals surface area contributed by atoms with Gasteiger partial charge < -0.3 is 9.15 Å². The number of fused-ring (bicyclic) bond motifs is 1. The van der Waals surface area contributed by atoms with E-state index >= 15 is 0 Å². The fourth-order valence-electron chi connectivity index (χ4n) is 2.64. The minimum atomic E-state index is -4.87. The van der Waals surface area contributed by atoms with Gasteiger partial charge in [0.2, 0.25) is 5.76 Å². The molecule has 0 spiro atoms. The van der Waals surface area contributed by atoms with E-state index in [-0.39, 0.29) is 34.3 Å². The van der Waals surface area contributed by atoms with Crippen LogP contribution in [-0.2, 0) is 15.0 Å². The molecule has 0 bridgehead atoms. The molecule has 0 fully saturated rings. The van der Waals surface area contributed by atoms with Gasteiger partial charge in [-0.1, -0.05) is 11.6 Å². The average Bonchev–Trinajstić information content (AvgIpc) is 3.05. The maximum atomic E-state index is 12.0. The van der Waals surface area contributed by atoms with Crippen molar-refractivity contribution in [1.29, 1.82) is 0 Å². The van der Waals surface area contributed by atoms with Crippen LogP contribution in [0, 0.1) is 10.1 Å². The number of nitrogens with zero attached hydrogens (tertiary/aromatic N) is 2. The molecule has 29 heavy (non-hydrogen) atoms. The van der Waals surface area contributed by atoms with E-state index in [4.69, 9.17) is 20.8 Å². The summed E-state index contributed by atoms with van der Waals surface area (Å²) in [7, 11) is -4.87. The summed E-state index contributed by atoms with van der Waals surface area (Å²) in [6.45, 7) is 1.78. The van der Waals surface area contributed by atoms with Gasteiger partial charge in [0.25, 0.3) is 5.69 Å². The van der Waals surface area contributed by atoms with Crippen LogP contribution in [0.1, 0.15) is 17.5 Å². The van der Waals surface area contributed by atoms with Crippen LogP contribution in [0.3, 0.4) is 0 Å². The number of rotatable bonds is 6. The number of carbonyl (C=O) groups excluding carboxylic acids is 1. The first-order chi connectivity index (χ1) is 13.6. The Labute approximate surface area is 169 Å². The smallest absolute Gasteiger partial charge is 0.374 e. The summed E-state index contributed by atoms with van der Waals surface area (Å²) in [6.07, 6.45) is 0. The van der Waals surface area contributed by atoms with E-state index in [9.17, 15) is 27.9 Å². The molecule has 3 aromatic rings. The Hall–Kier alpha value is -3.15. The van der Waals surface area contributed by atoms with Crippen molar-refractivity contribution < 1.29 is 31.8 Å². The summed E-state index contributed by atoms with van der Waals surface area (Å²) in [5.74, 6) is -0.773. The zero-order chi connectivity index (χ0) is 21.3. The molecule has 0 radical (unpaired) electrons. The number of anilines is 2. The molecule has 0 aliphatic heterocycles. The van der Waals surface area contributed by atoms with Crippen molar-refractivity contribution >= 4 is 55.9 Å². The molecule has 10 nitrogen and oxygen atoms in total. The SMILES string of the molecule is CCOC(=O)c1cc2cc(N(c3ccc(Cl)c([N+](=O)[O-])c3)S(=O)(=O)O)ccc2o1. The molecule has 1 N–H and O–H groups in total. The van der Waals surface area contributed by atoms with Crippen LogP contribution in [0.2, 0.25) is 5.02 Å². The number of halogens is 1. The Balaban J connectivity index is 2.13. The van der Waals surface area contributed by atoms with Crippen LogP contribution in [-0.4, -0.2) is 30.5 Å². The minimum Gasteiger partial charge on any atom is -0.460 e. The van der Waals surface area contributed by atoms with Gasteiger partial charge in [-0.25, -0.2) is 9.10 Å². The minimum absolute atomic E-state index is 0.0483. The Morgan fingerprint density at radius 2 is 1.90 bits per heavy atom. The summed E-state index contributed by atoms with van der Waals surface area (Å²) in [4.78, 5) is 22.1. The molecule has 0 aliphatic rings. The molecule has 1 heterocycles. The summed E-state index contributed by atoms with van der Waals surface area (Å²) in [5, 5.41) is 11.3. The highest BCUT2D eigenvalue weighted by atomic mass is 35.5. The lowest BCUT2D eigenvalue weighted by molar-refractivity contribution is -0.384. The van der Waals surface area contributed by atoms with Crippen LogP contribution in [0.25, 0.3) is 11.0 Å². The first kappa shape index (κ1) is 20.6. The lowest BCUT2D eigenvalue weighted by Crippen LogP contribution is -2.25. The Morgan fingerprint density at radius 3 is 2.52 bits per heavy atom. The van der Waals surface area contributed by atoms with Gasteiger partial charge in [-0.05, 0) is 43.3 Å². The maximum Gasteiger partial charge on any atom is 0.374 e. The maximum absolute atomic E-state index is 12.0. The van der Waals surface area contributed by atoms with Gasteiger partial charge in [-0.2, -0.15) is 8.42 Å². The quantitative estimate of drug-likeness (QED) is 0.261. The summed E-state index contributed by atoms with van der Waals surface area (Å²) in [6, 6.07) is 8.62. The molecule has 2 aromatic carbocycles. The van der Waals surface area contributed by atoms with Crippen LogP contribution in [0.15, 0.2) is 46.9 Å². The number of hydrogen-bond acceptors (Lipinski definition) is 7. The van der Waals surface area contributed by atoms with Crippen LogP contribution in [0.5, 0.6) is 0 Å². The zero-order valence-electron chi connectivity index (χ0n) is 14.7. The van der Waals surface area contributed by atoms with Crippen molar-refractivity contribution in [2.75, 3.05) is 10.9 Å². The van der Waals surface area contributed by atoms with Gasteiger partial charge in [-0.15, -0.1) is 0 Å². The molecule has 0 aliphatic carbocycles. The van der Waals surface area contributed by atoms with Gasteiger partial charge >= 0.3 is 16.3 Å². The topological polar surface area (TPSA) is 140 Å². The molecular weight excluding hydrogens is 428 g/mol. The Morgan fingerprint density at radius 1 is 1.24 bits per heavy atom. The van der Waals surface area contributed by atoms with Crippen LogP contribution < -0.4 is 4.31 Å². The summed E-state index contributed by atoms with van der Waals surface area (Å²) < 4.78 is 44.5. The molecule has 0 unspecified atom stereocenters. The zero-order valence-corrected chi connectivity index (χ0v) is 16.3. The standard InChI is InChI=1S/C17H13ClN2O8S/c1-2-27-17(21)16-8-10-7-11(4-6-15(10)28-16)19(29(24,25)26)12-3-5-13(18)14(9-12)20(22)23/h3-9H,2H2,1H3,(H,24,25,26). The molecule has 0 saturated heterocycles. The lowest BCUT2D eigenvalue weighted by atomic mass is 10.2. The van der Waals surface area contributed by atoms with Gasteiger partial charge in [0, 0.05) is 11.5 Å². The Bertz CT molecular complexity index is 1220. The number of nitro benzene ring substituents is 1. The van der Waals surface area contributed by atoms with E-state index in [0.29, 0.717) is 9.69 Å². The van der Waals surface area contributed by atoms with Gasteiger partial charge in [0.1, 0.15) is 10.6 Å². The van der Waals surface area contributed by atoms with Crippen LogP contribution >= 0.6 is 11.6 Å². The van der Waals surface area contributed by atoms with E-state index < -0.39 is 26.9 Å². The fourth-order valence-corrected chi connectivity index (χ4v) is 3.59. The van der Waals surface area contributed by atoms with Crippen molar-refractivity contribution in [3.63, 3.8) is 0 Å². The summed E-state index contributed by atoms with van der Waals surface area (Å²) in [5.41, 5.74) is -0.522. The lowest BCUT2D eigenvalue weighted by Gasteiger charge is -2.21. The normalized spacial score (nSPS) is 11.4. The third-order valence-electron chi connectivity index (χ3n) is 3.80. The highest BCUT2D eigenvalue weighted by Gasteiger charge is 2.26. The highest BCUT2D eigenvalue weighted by Crippen LogP contribution is 2.36. The van der Waals surface area contributed by atoms with E-state index in [2.05, 4.69) is 0 Å². The predicted octanol–water partition coefficient (Wildman–Crippen LogP) is 4.11. The number of furan rings is 1. The second-order valence-electron chi connectivity index (χ2n) is 5.69. The average molecular weight is 441 g/mol. The van der Waals surface area contributed by atoms with E-state index in [1.165, 1.54) is 30.3 Å². The Kier molecular flexibility index (Phi) is 5.46. The molecule has 152 valence electrons. The fraction of sp³-hybridized carbons (Fsp3) is 0.118. The van der Waals surface area contributed by atoms with Crippen molar-refractivity contribution in [2.24, 2.45) is 0 Å². The highest BCUT2D eigenvalue weighted by molar-refractivity contribution is 7.87. The second kappa shape index (κ2) is 7.70. The molecule has 12 heteroatoms. The second-order valence-corrected chi connectivity index (χ2v) is 7.36. The number of carbonyl (C=O) groups is 1. The summed E-state index contributed by atoms with van der Waals surface area (Å²) >= 11 is 5.76. The molecule has 1 aromatic heterocycles. The first-order valence-electron chi connectivity index (χ1n) is 8.04. The van der Waals surface area contributed by atoms with E-state index in [1.807, 2.05) is 0 Å². The molecule has 0 amide bonds. The van der Waals surface area contributed by atoms with Crippen molar-refractivity contribution in [2.45, 2.75) is 6.92 Å². The van der Waals surface area contributed by atoms with Crippen LogP contribution in [0.4, 0.5) is 17.1 Å². The van der Waals surface area contributed by atoms with Gasteiger partial charge in [-0.3, -0.25) is 14.7 Å². The van der Waals surface area contributed by atoms with Crippen molar-refractivity contribution in [3.8, 4) is 0 Å². The molecule has 0 atom stereocenters. The molecule has 3 rings (SSSR count). The van der Waals surface area contributed by atoms with Gasteiger partial charge in [0.15, 0.2) is 0 Å². The molecular formula is C17H13ClN2O8S. The van der Waals surface area contributed by atoms with Crippen molar-refractivity contribution in [1.82, 2.24) is 0 Å². The molecule has 0 saturated carbocycles. The third-order valence-corrected chi connectivity index (χ3v) is 5.01. The third kappa shape index (κ3) is 4.16. The number of nitro groups is 1. The van der Waals surface area contributed by atoms with Gasteiger partial charge in [0.05, 0.1) is 22.9 Å². The number of hydrogen-bond donors (Lipinski definition) is 1. The number of benzene rings is 2. The number of ether oxygens (including phenoxy) is 1. The first-order valence-corrected chi connectivity index (χ1v) is 9.81. The van der Waals surface area contributed by atoms with Crippen molar-refractivity contribution in [3.05, 3.63) is 63.4 Å². The van der Waals surface area contributed by atoms with E-state index in [0.717, 1.165) is 12.1 Å². The number of esters is 1. The largest absolute Gasteiger partial charge is 0.460 e. The van der Waals surface area contributed by atoms with E-state index in [1.54, 1.807) is 6.92 Å². The monoisotopic (exact) mass is 440 g/mol.